The highest BCUT2D eigenvalue weighted by atomic mass is 32.2. The molecule has 0 saturated heterocycles. The first-order chi connectivity index (χ1) is 10.4. The minimum absolute atomic E-state index is 0.145. The lowest BCUT2D eigenvalue weighted by Crippen LogP contribution is -2.34. The van der Waals surface area contributed by atoms with Crippen LogP contribution in [0.1, 0.15) is 19.4 Å². The lowest BCUT2D eigenvalue weighted by Gasteiger charge is -2.24. The highest BCUT2D eigenvalue weighted by molar-refractivity contribution is 7.99. The van der Waals surface area contributed by atoms with E-state index in [0.29, 0.717) is 22.3 Å². The summed E-state index contributed by atoms with van der Waals surface area (Å²) in [5.74, 6) is -2.59. The van der Waals surface area contributed by atoms with Gasteiger partial charge >= 0.3 is 0 Å². The van der Waals surface area contributed by atoms with Gasteiger partial charge in [-0.05, 0) is 43.7 Å². The molecular weight excluding hydrogens is 304 g/mol. The van der Waals surface area contributed by atoms with Gasteiger partial charge in [0.1, 0.15) is 0 Å². The number of thioether (sulfide) groups is 1. The summed E-state index contributed by atoms with van der Waals surface area (Å²) >= 11 is 0.482. The van der Waals surface area contributed by atoms with Crippen molar-refractivity contribution in [3.8, 4) is 0 Å². The average Bonchev–Trinajstić information content (AvgIpc) is 2.49. The Morgan fingerprint density at radius 3 is 2.18 bits per heavy atom. The van der Waals surface area contributed by atoms with Gasteiger partial charge in [-0.25, -0.2) is 0 Å². The first-order valence-corrected chi connectivity index (χ1v) is 7.69. The first kappa shape index (κ1) is 16.5. The molecule has 0 unspecified atom stereocenters. The second kappa shape index (κ2) is 6.92. The number of alkyl halides is 2. The van der Waals surface area contributed by atoms with Crippen molar-refractivity contribution in [3.63, 3.8) is 0 Å². The van der Waals surface area contributed by atoms with Crippen molar-refractivity contribution in [3.05, 3.63) is 60.2 Å². The largest absolute Gasteiger partial charge is 0.325 e. The van der Waals surface area contributed by atoms with E-state index >= 15 is 0 Å². The molecule has 0 heterocycles. The molecule has 1 N–H and O–H groups in total. The van der Waals surface area contributed by atoms with Crippen LogP contribution in [0.2, 0.25) is 0 Å². The van der Waals surface area contributed by atoms with Crippen molar-refractivity contribution in [2.45, 2.75) is 29.9 Å². The van der Waals surface area contributed by atoms with Crippen molar-refractivity contribution in [1.82, 2.24) is 0 Å². The number of rotatable bonds is 5. The second-order valence-corrected chi connectivity index (χ2v) is 6.41. The molecule has 0 saturated carbocycles. The fourth-order valence-corrected chi connectivity index (χ4v) is 2.49. The Morgan fingerprint density at radius 1 is 1.05 bits per heavy atom. The molecule has 0 atom stereocenters. The van der Waals surface area contributed by atoms with Crippen LogP contribution in [0.5, 0.6) is 0 Å². The molecule has 0 spiro atoms. The molecular formula is C17H17F2NOS. The van der Waals surface area contributed by atoms with E-state index in [9.17, 15) is 13.6 Å². The number of benzene rings is 2. The predicted octanol–water partition coefficient (Wildman–Crippen LogP) is 4.92. The van der Waals surface area contributed by atoms with Gasteiger partial charge in [0.2, 0.25) is 5.91 Å². The van der Waals surface area contributed by atoms with Gasteiger partial charge in [0.15, 0.2) is 0 Å². The van der Waals surface area contributed by atoms with E-state index in [0.717, 1.165) is 5.56 Å². The van der Waals surface area contributed by atoms with Crippen molar-refractivity contribution in [2.75, 3.05) is 5.32 Å². The van der Waals surface area contributed by atoms with Gasteiger partial charge in [0, 0.05) is 10.6 Å². The number of anilines is 1. The van der Waals surface area contributed by atoms with Gasteiger partial charge in [-0.15, -0.1) is 0 Å². The first-order valence-electron chi connectivity index (χ1n) is 6.81. The number of carbonyl (C=O) groups is 1. The van der Waals surface area contributed by atoms with E-state index in [4.69, 9.17) is 0 Å². The van der Waals surface area contributed by atoms with Gasteiger partial charge < -0.3 is 5.32 Å². The molecule has 5 heteroatoms. The standard InChI is InChI=1S/C17H17F2NOS/c1-17(2,12-6-4-3-5-7-12)15(21)20-13-8-10-14(11-9-13)22-16(18)19/h3-11,16H,1-2H3,(H,20,21). The van der Waals surface area contributed by atoms with Gasteiger partial charge in [0.25, 0.3) is 5.76 Å². The normalized spacial score (nSPS) is 11.5. The van der Waals surface area contributed by atoms with Crippen molar-refractivity contribution >= 4 is 23.4 Å². The molecule has 0 aliphatic heterocycles. The van der Waals surface area contributed by atoms with Crippen LogP contribution in [-0.2, 0) is 10.2 Å². The molecule has 0 bridgehead atoms. The van der Waals surface area contributed by atoms with E-state index in [-0.39, 0.29) is 5.91 Å². The molecule has 0 aromatic heterocycles. The number of halogens is 2. The summed E-state index contributed by atoms with van der Waals surface area (Å²) in [6.07, 6.45) is 0. The van der Waals surface area contributed by atoms with Crippen LogP contribution in [-0.4, -0.2) is 11.7 Å². The zero-order chi connectivity index (χ0) is 16.2. The molecule has 0 aliphatic rings. The Kier molecular flexibility index (Phi) is 5.19. The van der Waals surface area contributed by atoms with Crippen LogP contribution >= 0.6 is 11.8 Å². The maximum absolute atomic E-state index is 12.5. The average molecular weight is 321 g/mol. The minimum atomic E-state index is -2.45. The topological polar surface area (TPSA) is 29.1 Å². The Hall–Kier alpha value is -1.88. The lowest BCUT2D eigenvalue weighted by atomic mass is 9.83. The minimum Gasteiger partial charge on any atom is -0.325 e. The smallest absolute Gasteiger partial charge is 0.288 e. The predicted molar refractivity (Wildman–Crippen MR) is 86.4 cm³/mol. The summed E-state index contributed by atoms with van der Waals surface area (Å²) in [6.45, 7) is 3.69. The third-order valence-electron chi connectivity index (χ3n) is 3.40. The van der Waals surface area contributed by atoms with Gasteiger partial charge in [0.05, 0.1) is 5.41 Å². The highest BCUT2D eigenvalue weighted by Crippen LogP contribution is 2.28. The van der Waals surface area contributed by atoms with Crippen LogP contribution in [0.15, 0.2) is 59.5 Å². The summed E-state index contributed by atoms with van der Waals surface area (Å²) in [5.41, 5.74) is 0.822. The van der Waals surface area contributed by atoms with Gasteiger partial charge in [-0.3, -0.25) is 4.79 Å². The summed E-state index contributed by atoms with van der Waals surface area (Å²) in [5, 5.41) is 2.83. The van der Waals surface area contributed by atoms with Gasteiger partial charge in [-0.2, -0.15) is 8.78 Å². The summed E-state index contributed by atoms with van der Waals surface area (Å²) in [7, 11) is 0. The van der Waals surface area contributed by atoms with E-state index in [2.05, 4.69) is 5.32 Å². The molecule has 2 rings (SSSR count). The number of hydrogen-bond acceptors (Lipinski definition) is 2. The van der Waals surface area contributed by atoms with Crippen LogP contribution < -0.4 is 5.32 Å². The Bertz CT molecular complexity index is 627. The summed E-state index contributed by atoms with van der Waals surface area (Å²) in [4.78, 5) is 12.9. The molecule has 2 nitrogen and oxygen atoms in total. The molecule has 116 valence electrons. The third kappa shape index (κ3) is 4.07. The zero-order valence-electron chi connectivity index (χ0n) is 12.3. The van der Waals surface area contributed by atoms with Crippen LogP contribution in [0.3, 0.4) is 0 Å². The van der Waals surface area contributed by atoms with E-state index in [1.165, 1.54) is 0 Å². The Balaban J connectivity index is 2.08. The lowest BCUT2D eigenvalue weighted by molar-refractivity contribution is -0.120. The van der Waals surface area contributed by atoms with E-state index < -0.39 is 11.2 Å². The van der Waals surface area contributed by atoms with E-state index in [1.807, 2.05) is 44.2 Å². The number of nitrogens with one attached hydrogen (secondary N) is 1. The van der Waals surface area contributed by atoms with Crippen LogP contribution in [0, 0.1) is 0 Å². The molecule has 0 fully saturated rings. The monoisotopic (exact) mass is 321 g/mol. The molecule has 2 aromatic rings. The number of hydrogen-bond donors (Lipinski definition) is 1. The van der Waals surface area contributed by atoms with E-state index in [1.54, 1.807) is 24.3 Å². The fourth-order valence-electron chi connectivity index (χ4n) is 1.99. The Morgan fingerprint density at radius 2 is 1.64 bits per heavy atom. The maximum atomic E-state index is 12.5. The number of amides is 1. The second-order valence-electron chi connectivity index (χ2n) is 5.35. The molecule has 0 aliphatic carbocycles. The highest BCUT2D eigenvalue weighted by Gasteiger charge is 2.29. The molecule has 2 aromatic carbocycles. The quantitative estimate of drug-likeness (QED) is 0.792. The van der Waals surface area contributed by atoms with Crippen LogP contribution in [0.25, 0.3) is 0 Å². The summed E-state index contributed by atoms with van der Waals surface area (Å²) in [6, 6.07) is 15.9. The summed E-state index contributed by atoms with van der Waals surface area (Å²) < 4.78 is 24.5. The zero-order valence-corrected chi connectivity index (χ0v) is 13.2. The molecule has 1 amide bonds. The fraction of sp³-hybridized carbons (Fsp3) is 0.235. The molecule has 0 radical (unpaired) electrons. The SMILES string of the molecule is CC(C)(C(=O)Nc1ccc(SC(F)F)cc1)c1ccccc1. The Labute approximate surface area is 132 Å². The van der Waals surface area contributed by atoms with Crippen molar-refractivity contribution < 1.29 is 13.6 Å². The molecule has 22 heavy (non-hydrogen) atoms. The van der Waals surface area contributed by atoms with Gasteiger partial charge in [-0.1, -0.05) is 42.1 Å². The van der Waals surface area contributed by atoms with Crippen molar-refractivity contribution in [1.29, 1.82) is 0 Å². The number of carbonyl (C=O) groups excluding carboxylic acids is 1. The third-order valence-corrected chi connectivity index (χ3v) is 4.12. The maximum Gasteiger partial charge on any atom is 0.288 e. The van der Waals surface area contributed by atoms with Crippen molar-refractivity contribution in [2.24, 2.45) is 0 Å². The van der Waals surface area contributed by atoms with Crippen LogP contribution in [0.4, 0.5) is 14.5 Å².